The molecule has 0 aliphatic rings. The normalized spacial score (nSPS) is 11.4. The maximum Gasteiger partial charge on any atom is 0.266 e. The smallest absolute Gasteiger partial charge is 0.266 e. The molecule has 0 saturated carbocycles. The van der Waals surface area contributed by atoms with Gasteiger partial charge in [-0.15, -0.1) is 0 Å². The van der Waals surface area contributed by atoms with E-state index in [1.807, 2.05) is 13.0 Å². The molecular weight excluding hydrogens is 256 g/mol. The highest BCUT2D eigenvalue weighted by Gasteiger charge is 2.10. The summed E-state index contributed by atoms with van der Waals surface area (Å²) in [5.74, 6) is 1.42. The van der Waals surface area contributed by atoms with Crippen molar-refractivity contribution >= 4 is 0 Å². The second kappa shape index (κ2) is 5.93. The van der Waals surface area contributed by atoms with E-state index in [1.54, 1.807) is 37.4 Å². The number of nitrogens with one attached hydrogen (secondary N) is 1. The van der Waals surface area contributed by atoms with Gasteiger partial charge < -0.3 is 14.5 Å². The zero-order valence-corrected chi connectivity index (χ0v) is 11.2. The SMILES string of the molecule is COc1ccc(O[C@H](C)c2ccc(C#N)c(=O)[nH]2)cc1. The summed E-state index contributed by atoms with van der Waals surface area (Å²) >= 11 is 0. The quantitative estimate of drug-likeness (QED) is 0.925. The Kier molecular flexibility index (Phi) is 4.06. The minimum Gasteiger partial charge on any atom is -0.497 e. The molecule has 2 rings (SSSR count). The molecule has 5 nitrogen and oxygen atoms in total. The van der Waals surface area contributed by atoms with Crippen LogP contribution in [-0.4, -0.2) is 12.1 Å². The number of nitrogens with zero attached hydrogens (tertiary/aromatic N) is 1. The number of aromatic nitrogens is 1. The maximum absolute atomic E-state index is 11.6. The van der Waals surface area contributed by atoms with Gasteiger partial charge in [-0.05, 0) is 43.3 Å². The lowest BCUT2D eigenvalue weighted by Gasteiger charge is -2.15. The number of aromatic amines is 1. The Hall–Kier alpha value is -2.74. The first-order valence-electron chi connectivity index (χ1n) is 6.08. The molecule has 0 radical (unpaired) electrons. The lowest BCUT2D eigenvalue weighted by atomic mass is 10.2. The summed E-state index contributed by atoms with van der Waals surface area (Å²) in [6, 6.07) is 12.2. The highest BCUT2D eigenvalue weighted by Crippen LogP contribution is 2.22. The van der Waals surface area contributed by atoms with Crippen molar-refractivity contribution in [1.82, 2.24) is 4.98 Å². The Morgan fingerprint density at radius 1 is 1.15 bits per heavy atom. The first kappa shape index (κ1) is 13.7. The van der Waals surface area contributed by atoms with Crippen LogP contribution in [0.3, 0.4) is 0 Å². The van der Waals surface area contributed by atoms with Crippen LogP contribution in [0.2, 0.25) is 0 Å². The Morgan fingerprint density at radius 3 is 2.35 bits per heavy atom. The Morgan fingerprint density at radius 2 is 1.80 bits per heavy atom. The van der Waals surface area contributed by atoms with Crippen LogP contribution < -0.4 is 15.0 Å². The second-order valence-electron chi connectivity index (χ2n) is 4.20. The summed E-state index contributed by atoms with van der Waals surface area (Å²) in [6.45, 7) is 1.82. The van der Waals surface area contributed by atoms with Crippen LogP contribution in [0.5, 0.6) is 11.5 Å². The number of methoxy groups -OCH3 is 1. The summed E-state index contributed by atoms with van der Waals surface area (Å²) < 4.78 is 10.8. The zero-order valence-electron chi connectivity index (χ0n) is 11.2. The van der Waals surface area contributed by atoms with Crippen molar-refractivity contribution in [2.24, 2.45) is 0 Å². The summed E-state index contributed by atoms with van der Waals surface area (Å²) in [5.41, 5.74) is 0.297. The topological polar surface area (TPSA) is 75.1 Å². The number of hydrogen-bond donors (Lipinski definition) is 1. The third-order valence-electron chi connectivity index (χ3n) is 2.86. The summed E-state index contributed by atoms with van der Waals surface area (Å²) in [6.07, 6.45) is -0.330. The van der Waals surface area contributed by atoms with E-state index in [0.717, 1.165) is 5.75 Å². The van der Waals surface area contributed by atoms with Crippen molar-refractivity contribution in [2.75, 3.05) is 7.11 Å². The van der Waals surface area contributed by atoms with Crippen molar-refractivity contribution in [3.05, 3.63) is 58.0 Å². The van der Waals surface area contributed by atoms with Crippen molar-refractivity contribution < 1.29 is 9.47 Å². The minimum atomic E-state index is -0.407. The number of hydrogen-bond acceptors (Lipinski definition) is 4. The maximum atomic E-state index is 11.6. The van der Waals surface area contributed by atoms with E-state index in [4.69, 9.17) is 14.7 Å². The molecule has 2 aromatic rings. The number of pyridine rings is 1. The van der Waals surface area contributed by atoms with E-state index >= 15 is 0 Å². The average Bonchev–Trinajstić information content (AvgIpc) is 2.48. The van der Waals surface area contributed by atoms with Gasteiger partial charge in [-0.2, -0.15) is 5.26 Å². The molecule has 0 bridgehead atoms. The molecule has 0 unspecified atom stereocenters. The van der Waals surface area contributed by atoms with E-state index in [-0.39, 0.29) is 11.7 Å². The van der Waals surface area contributed by atoms with Crippen LogP contribution in [0, 0.1) is 11.3 Å². The number of H-pyrrole nitrogens is 1. The first-order valence-corrected chi connectivity index (χ1v) is 6.08. The van der Waals surface area contributed by atoms with Gasteiger partial charge >= 0.3 is 0 Å². The van der Waals surface area contributed by atoms with E-state index in [2.05, 4.69) is 4.98 Å². The van der Waals surface area contributed by atoms with Crippen LogP contribution >= 0.6 is 0 Å². The van der Waals surface area contributed by atoms with Crippen molar-refractivity contribution in [3.63, 3.8) is 0 Å². The third kappa shape index (κ3) is 2.98. The Labute approximate surface area is 116 Å². The highest BCUT2D eigenvalue weighted by atomic mass is 16.5. The van der Waals surface area contributed by atoms with Gasteiger partial charge in [-0.1, -0.05) is 0 Å². The number of rotatable bonds is 4. The number of ether oxygens (including phenoxy) is 2. The molecule has 0 saturated heterocycles. The average molecular weight is 270 g/mol. The van der Waals surface area contributed by atoms with Crippen LogP contribution in [0.15, 0.2) is 41.2 Å². The third-order valence-corrected chi connectivity index (χ3v) is 2.86. The van der Waals surface area contributed by atoms with Gasteiger partial charge in [0.2, 0.25) is 0 Å². The molecular formula is C15H14N2O3. The summed E-state index contributed by atoms with van der Waals surface area (Å²) in [4.78, 5) is 14.2. The molecule has 0 aliphatic heterocycles. The predicted octanol–water partition coefficient (Wildman–Crippen LogP) is 2.40. The molecule has 1 atom stereocenters. The first-order chi connectivity index (χ1) is 9.63. The highest BCUT2D eigenvalue weighted by molar-refractivity contribution is 5.32. The number of nitriles is 1. The van der Waals surface area contributed by atoms with Crippen molar-refractivity contribution in [3.8, 4) is 17.6 Å². The predicted molar refractivity (Wildman–Crippen MR) is 73.8 cm³/mol. The largest absolute Gasteiger partial charge is 0.497 e. The fraction of sp³-hybridized carbons (Fsp3) is 0.200. The molecule has 20 heavy (non-hydrogen) atoms. The summed E-state index contributed by atoms with van der Waals surface area (Å²) in [7, 11) is 1.60. The fourth-order valence-corrected chi connectivity index (χ4v) is 1.74. The van der Waals surface area contributed by atoms with E-state index in [9.17, 15) is 4.79 Å². The molecule has 102 valence electrons. The lowest BCUT2D eigenvalue weighted by Crippen LogP contribution is -2.15. The summed E-state index contributed by atoms with van der Waals surface area (Å²) in [5, 5.41) is 8.72. The van der Waals surface area contributed by atoms with Crippen LogP contribution in [0.25, 0.3) is 0 Å². The van der Waals surface area contributed by atoms with Crippen LogP contribution in [0.1, 0.15) is 24.3 Å². The monoisotopic (exact) mass is 270 g/mol. The molecule has 0 fully saturated rings. The van der Waals surface area contributed by atoms with E-state index in [1.165, 1.54) is 6.07 Å². The van der Waals surface area contributed by atoms with E-state index in [0.29, 0.717) is 11.4 Å². The van der Waals surface area contributed by atoms with Crippen LogP contribution in [-0.2, 0) is 0 Å². The second-order valence-corrected chi connectivity index (χ2v) is 4.20. The number of benzene rings is 1. The standard InChI is InChI=1S/C15H14N2O3/c1-10(14-8-3-11(9-16)15(18)17-14)20-13-6-4-12(19-2)5-7-13/h3-8,10H,1-2H3,(H,17,18)/t10-/m1/s1. The van der Waals surface area contributed by atoms with Crippen LogP contribution in [0.4, 0.5) is 0 Å². The molecule has 5 heteroatoms. The molecule has 0 spiro atoms. The molecule has 1 heterocycles. The Bertz CT molecular complexity index is 684. The van der Waals surface area contributed by atoms with E-state index < -0.39 is 5.56 Å². The molecule has 1 aromatic carbocycles. The Balaban J connectivity index is 2.15. The van der Waals surface area contributed by atoms with Gasteiger partial charge in [0.05, 0.1) is 12.8 Å². The molecule has 1 N–H and O–H groups in total. The molecule has 0 aliphatic carbocycles. The van der Waals surface area contributed by atoms with Gasteiger partial charge in [0, 0.05) is 0 Å². The van der Waals surface area contributed by atoms with Crippen molar-refractivity contribution in [2.45, 2.75) is 13.0 Å². The molecule has 1 aromatic heterocycles. The van der Waals surface area contributed by atoms with Gasteiger partial charge in [-0.25, -0.2) is 0 Å². The van der Waals surface area contributed by atoms with Gasteiger partial charge in [-0.3, -0.25) is 4.79 Å². The zero-order chi connectivity index (χ0) is 14.5. The minimum absolute atomic E-state index is 0.0883. The van der Waals surface area contributed by atoms with Gasteiger partial charge in [0.1, 0.15) is 29.2 Å². The lowest BCUT2D eigenvalue weighted by molar-refractivity contribution is 0.221. The van der Waals surface area contributed by atoms with Crippen molar-refractivity contribution in [1.29, 1.82) is 5.26 Å². The van der Waals surface area contributed by atoms with Gasteiger partial charge in [0.15, 0.2) is 0 Å². The molecule has 0 amide bonds. The fourth-order valence-electron chi connectivity index (χ4n) is 1.74. The van der Waals surface area contributed by atoms with Gasteiger partial charge in [0.25, 0.3) is 5.56 Å².